The Hall–Kier alpha value is -1.00. The molecule has 118 valence electrons. The molecule has 0 bridgehead atoms. The van der Waals surface area contributed by atoms with E-state index >= 15 is 0 Å². The molecule has 0 aromatic carbocycles. The van der Waals surface area contributed by atoms with Crippen molar-refractivity contribution in [2.75, 3.05) is 0 Å². The summed E-state index contributed by atoms with van der Waals surface area (Å²) in [5.41, 5.74) is -1.85. The number of carbonyl (C=O) groups excluding carboxylic acids is 2. The maximum atomic E-state index is 12.3. The van der Waals surface area contributed by atoms with Gasteiger partial charge in [0.25, 0.3) is 0 Å². The highest BCUT2D eigenvalue weighted by Gasteiger charge is 2.77. The van der Waals surface area contributed by atoms with E-state index in [1.807, 2.05) is 0 Å². The maximum absolute atomic E-state index is 12.3. The van der Waals surface area contributed by atoms with Crippen LogP contribution < -0.4 is 0 Å². The van der Waals surface area contributed by atoms with Gasteiger partial charge in [-0.2, -0.15) is 0 Å². The summed E-state index contributed by atoms with van der Waals surface area (Å²) >= 11 is 0. The van der Waals surface area contributed by atoms with E-state index < -0.39 is 17.3 Å². The van der Waals surface area contributed by atoms with E-state index in [-0.39, 0.29) is 17.1 Å². The van der Waals surface area contributed by atoms with Gasteiger partial charge in [0.05, 0.1) is 0 Å². The molecule has 1 spiro atoms. The smallest absolute Gasteiger partial charge is 0.187 e. The number of hydrogen-bond donors (Lipinski definition) is 1. The molecule has 1 heterocycles. The monoisotopic (exact) mass is 302 g/mol. The van der Waals surface area contributed by atoms with Crippen LogP contribution in [0.4, 0.5) is 0 Å². The predicted octanol–water partition coefficient (Wildman–Crippen LogP) is 1.80. The number of hydrogen-bond acceptors (Lipinski definition) is 4. The molecule has 4 fully saturated rings. The molecule has 1 aliphatic heterocycles. The van der Waals surface area contributed by atoms with E-state index in [1.165, 1.54) is 6.08 Å². The van der Waals surface area contributed by atoms with Crippen molar-refractivity contribution in [3.63, 3.8) is 0 Å². The van der Waals surface area contributed by atoms with E-state index in [1.54, 1.807) is 6.08 Å². The number of fused-ring (bicyclic) bond motifs is 4. The topological polar surface area (TPSA) is 66.9 Å². The lowest BCUT2D eigenvalue weighted by Crippen LogP contribution is -2.62. The third-order valence-electron chi connectivity index (χ3n) is 7.69. The highest BCUT2D eigenvalue weighted by atomic mass is 16.6. The van der Waals surface area contributed by atoms with Crippen molar-refractivity contribution in [2.24, 2.45) is 23.2 Å². The van der Waals surface area contributed by atoms with Crippen molar-refractivity contribution in [1.29, 1.82) is 0 Å². The minimum atomic E-state index is -1.01. The first-order valence-corrected chi connectivity index (χ1v) is 8.59. The SMILES string of the molecule is C[C@]12CC[C@@H]3[C@H](CC[C@]45O[C@H]4C(=O)C=C[C@]35O)[C@@H]1CCC2=O. The van der Waals surface area contributed by atoms with Gasteiger partial charge in [-0.05, 0) is 62.0 Å². The highest BCUT2D eigenvalue weighted by Crippen LogP contribution is 2.67. The van der Waals surface area contributed by atoms with Crippen LogP contribution in [0.5, 0.6) is 0 Å². The fourth-order valence-corrected chi connectivity index (χ4v) is 6.42. The number of epoxide rings is 1. The Labute approximate surface area is 129 Å². The third-order valence-corrected chi connectivity index (χ3v) is 7.69. The van der Waals surface area contributed by atoms with Crippen molar-refractivity contribution in [2.45, 2.75) is 62.8 Å². The summed E-state index contributed by atoms with van der Waals surface area (Å²) in [4.78, 5) is 24.2. The van der Waals surface area contributed by atoms with Crippen LogP contribution >= 0.6 is 0 Å². The number of carbonyl (C=O) groups is 2. The summed E-state index contributed by atoms with van der Waals surface area (Å²) < 4.78 is 5.76. The van der Waals surface area contributed by atoms with Gasteiger partial charge in [0.2, 0.25) is 0 Å². The Balaban J connectivity index is 1.56. The normalized spacial score (nSPS) is 58.6. The van der Waals surface area contributed by atoms with Gasteiger partial charge in [0, 0.05) is 11.8 Å². The molecule has 1 saturated heterocycles. The van der Waals surface area contributed by atoms with Crippen LogP contribution in [-0.4, -0.2) is 34.0 Å². The minimum Gasteiger partial charge on any atom is -0.382 e. The first-order chi connectivity index (χ1) is 10.4. The lowest BCUT2D eigenvalue weighted by molar-refractivity contribution is -0.150. The Morgan fingerprint density at radius 3 is 2.82 bits per heavy atom. The van der Waals surface area contributed by atoms with Gasteiger partial charge in [-0.15, -0.1) is 0 Å². The van der Waals surface area contributed by atoms with Gasteiger partial charge in [-0.3, -0.25) is 9.59 Å². The van der Waals surface area contributed by atoms with Crippen LogP contribution in [-0.2, 0) is 14.3 Å². The Kier molecular flexibility index (Phi) is 2.28. The standard InChI is InChI=1S/C18H22O4/c1-16-7-5-12-10(11(16)2-3-14(16)20)4-9-18-15(22-18)13(19)6-8-17(12,18)21/h6,8,10-12,15,21H,2-5,7,9H2,1H3/t10-,11+,12-,15+,16+,17+,18+/m1/s1. The van der Waals surface area contributed by atoms with Gasteiger partial charge < -0.3 is 9.84 Å². The van der Waals surface area contributed by atoms with Crippen LogP contribution in [0.2, 0.25) is 0 Å². The molecular formula is C18H22O4. The van der Waals surface area contributed by atoms with Crippen LogP contribution in [0.1, 0.15) is 45.4 Å². The third kappa shape index (κ3) is 1.26. The van der Waals surface area contributed by atoms with Gasteiger partial charge in [0.15, 0.2) is 11.9 Å². The summed E-state index contributed by atoms with van der Waals surface area (Å²) in [6, 6.07) is 0. The summed E-state index contributed by atoms with van der Waals surface area (Å²) in [6.45, 7) is 2.13. The molecule has 0 unspecified atom stereocenters. The second kappa shape index (κ2) is 3.73. The van der Waals surface area contributed by atoms with Crippen LogP contribution in [0, 0.1) is 23.2 Å². The van der Waals surface area contributed by atoms with E-state index in [4.69, 9.17) is 4.74 Å². The fraction of sp³-hybridized carbons (Fsp3) is 0.778. The van der Waals surface area contributed by atoms with Crippen LogP contribution in [0.3, 0.4) is 0 Å². The molecule has 4 aliphatic carbocycles. The Bertz CT molecular complexity index is 625. The van der Waals surface area contributed by atoms with Crippen molar-refractivity contribution < 1.29 is 19.4 Å². The second-order valence-electron chi connectivity index (χ2n) is 8.28. The molecule has 0 radical (unpaired) electrons. The molecule has 0 aromatic rings. The summed E-state index contributed by atoms with van der Waals surface area (Å²) in [5, 5.41) is 11.4. The van der Waals surface area contributed by atoms with E-state index in [9.17, 15) is 14.7 Å². The van der Waals surface area contributed by atoms with Crippen molar-refractivity contribution in [3.05, 3.63) is 12.2 Å². The molecule has 3 saturated carbocycles. The molecule has 0 amide bonds. The van der Waals surface area contributed by atoms with Crippen molar-refractivity contribution in [3.8, 4) is 0 Å². The molecule has 0 aromatic heterocycles. The molecule has 1 N–H and O–H groups in total. The maximum Gasteiger partial charge on any atom is 0.187 e. The van der Waals surface area contributed by atoms with Gasteiger partial charge >= 0.3 is 0 Å². The first kappa shape index (κ1) is 13.4. The minimum absolute atomic E-state index is 0.000170. The Morgan fingerprint density at radius 2 is 2.00 bits per heavy atom. The summed E-state index contributed by atoms with van der Waals surface area (Å²) in [5.74, 6) is 1.31. The zero-order valence-corrected chi connectivity index (χ0v) is 12.9. The molecule has 4 heteroatoms. The largest absolute Gasteiger partial charge is 0.382 e. The predicted molar refractivity (Wildman–Crippen MR) is 78.0 cm³/mol. The second-order valence-corrected chi connectivity index (χ2v) is 8.28. The Morgan fingerprint density at radius 1 is 1.18 bits per heavy atom. The average Bonchev–Trinajstić information content (AvgIpc) is 3.17. The number of rotatable bonds is 0. The zero-order chi connectivity index (χ0) is 15.3. The fourth-order valence-electron chi connectivity index (χ4n) is 6.42. The van der Waals surface area contributed by atoms with Crippen LogP contribution in [0.15, 0.2) is 12.2 Å². The summed E-state index contributed by atoms with van der Waals surface area (Å²) in [6.07, 6.45) is 7.90. The number of ether oxygens (including phenoxy) is 1. The van der Waals surface area contributed by atoms with Gasteiger partial charge in [-0.1, -0.05) is 6.92 Å². The zero-order valence-electron chi connectivity index (χ0n) is 12.9. The summed E-state index contributed by atoms with van der Waals surface area (Å²) in [7, 11) is 0. The molecule has 5 aliphatic rings. The van der Waals surface area contributed by atoms with E-state index in [0.29, 0.717) is 24.0 Å². The van der Waals surface area contributed by atoms with E-state index in [0.717, 1.165) is 32.1 Å². The lowest BCUT2D eigenvalue weighted by atomic mass is 9.49. The van der Waals surface area contributed by atoms with E-state index in [2.05, 4.69) is 6.92 Å². The van der Waals surface area contributed by atoms with Crippen LogP contribution in [0.25, 0.3) is 0 Å². The molecule has 4 nitrogen and oxygen atoms in total. The first-order valence-electron chi connectivity index (χ1n) is 8.59. The van der Waals surface area contributed by atoms with Gasteiger partial charge in [-0.25, -0.2) is 0 Å². The molecular weight excluding hydrogens is 280 g/mol. The molecule has 5 rings (SSSR count). The quantitative estimate of drug-likeness (QED) is 0.693. The number of ketones is 2. The van der Waals surface area contributed by atoms with Gasteiger partial charge in [0.1, 0.15) is 17.0 Å². The molecule has 7 atom stereocenters. The van der Waals surface area contributed by atoms with Crippen molar-refractivity contribution >= 4 is 11.6 Å². The lowest BCUT2D eigenvalue weighted by Gasteiger charge is -2.55. The number of aliphatic hydroxyl groups is 1. The van der Waals surface area contributed by atoms with Crippen molar-refractivity contribution in [1.82, 2.24) is 0 Å². The molecule has 22 heavy (non-hydrogen) atoms. The number of Topliss-reactive ketones (excluding diaryl/α,β-unsaturated/α-hetero) is 1. The highest BCUT2D eigenvalue weighted by molar-refractivity contribution is 5.98. The average molecular weight is 302 g/mol.